The molecule has 0 saturated carbocycles. The Labute approximate surface area is 142 Å². The standard InChI is InChI=1S/C15H10F3N5O3/c16-15(17,18)9-5-12(25-4-3-24)21-13-8(9)1-2-11-20-10(6-23(11)13)14-22-19-7-26-14/h1-2,5-7,24H,3-4H2. The Morgan fingerprint density at radius 2 is 2.08 bits per heavy atom. The molecule has 0 radical (unpaired) electrons. The van der Waals surface area contributed by atoms with Gasteiger partial charge in [0.15, 0.2) is 0 Å². The van der Waals surface area contributed by atoms with Crippen LogP contribution in [0.5, 0.6) is 5.88 Å². The second-order valence-electron chi connectivity index (χ2n) is 5.25. The van der Waals surface area contributed by atoms with Crippen LogP contribution < -0.4 is 4.74 Å². The monoisotopic (exact) mass is 365 g/mol. The minimum absolute atomic E-state index is 0.00327. The van der Waals surface area contributed by atoms with Crippen LogP contribution in [-0.2, 0) is 6.18 Å². The van der Waals surface area contributed by atoms with E-state index in [2.05, 4.69) is 20.2 Å². The van der Waals surface area contributed by atoms with Gasteiger partial charge in [-0.05, 0) is 12.1 Å². The van der Waals surface area contributed by atoms with Gasteiger partial charge in [0.2, 0.25) is 12.3 Å². The van der Waals surface area contributed by atoms with Gasteiger partial charge < -0.3 is 14.3 Å². The molecule has 11 heteroatoms. The number of aliphatic hydroxyl groups is 1. The highest BCUT2D eigenvalue weighted by Crippen LogP contribution is 2.36. The summed E-state index contributed by atoms with van der Waals surface area (Å²) in [6.45, 7) is -0.527. The van der Waals surface area contributed by atoms with E-state index in [1.807, 2.05) is 0 Å². The van der Waals surface area contributed by atoms with Crippen molar-refractivity contribution in [1.29, 1.82) is 0 Å². The van der Waals surface area contributed by atoms with Gasteiger partial charge in [0, 0.05) is 17.6 Å². The molecule has 0 aliphatic carbocycles. The molecule has 4 aromatic heterocycles. The number of fused-ring (bicyclic) bond motifs is 3. The molecule has 4 rings (SSSR count). The van der Waals surface area contributed by atoms with Gasteiger partial charge in [0.05, 0.1) is 12.2 Å². The van der Waals surface area contributed by atoms with Crippen molar-refractivity contribution in [3.8, 4) is 17.5 Å². The number of nitrogens with zero attached hydrogens (tertiary/aromatic N) is 5. The summed E-state index contributed by atoms with van der Waals surface area (Å²) in [5.41, 5.74) is -0.244. The lowest BCUT2D eigenvalue weighted by Gasteiger charge is -2.13. The number of halogens is 3. The molecule has 0 aliphatic rings. The molecule has 26 heavy (non-hydrogen) atoms. The molecule has 0 amide bonds. The van der Waals surface area contributed by atoms with Crippen LogP contribution in [0, 0.1) is 0 Å². The van der Waals surface area contributed by atoms with E-state index in [1.165, 1.54) is 22.7 Å². The highest BCUT2D eigenvalue weighted by atomic mass is 19.4. The molecule has 0 spiro atoms. The third-order valence-corrected chi connectivity index (χ3v) is 3.60. The predicted octanol–water partition coefficient (Wildman–Crippen LogP) is 2.32. The molecular weight excluding hydrogens is 355 g/mol. The number of hydrogen-bond acceptors (Lipinski definition) is 7. The van der Waals surface area contributed by atoms with Crippen molar-refractivity contribution in [2.75, 3.05) is 13.2 Å². The molecule has 4 heterocycles. The van der Waals surface area contributed by atoms with Crippen molar-refractivity contribution in [2.24, 2.45) is 0 Å². The van der Waals surface area contributed by atoms with E-state index >= 15 is 0 Å². The molecular formula is C15H10F3N5O3. The summed E-state index contributed by atoms with van der Waals surface area (Å²) in [6.07, 6.45) is -2.03. The maximum atomic E-state index is 13.5. The zero-order chi connectivity index (χ0) is 18.3. The van der Waals surface area contributed by atoms with Gasteiger partial charge in [0.25, 0.3) is 5.89 Å². The van der Waals surface area contributed by atoms with E-state index < -0.39 is 11.7 Å². The van der Waals surface area contributed by atoms with Crippen LogP contribution >= 0.6 is 0 Å². The Kier molecular flexibility index (Phi) is 3.72. The van der Waals surface area contributed by atoms with E-state index in [4.69, 9.17) is 14.3 Å². The number of aromatic nitrogens is 5. The van der Waals surface area contributed by atoms with Gasteiger partial charge in [-0.15, -0.1) is 10.2 Å². The van der Waals surface area contributed by atoms with Gasteiger partial charge in [-0.2, -0.15) is 18.2 Å². The third-order valence-electron chi connectivity index (χ3n) is 3.60. The second kappa shape index (κ2) is 5.95. The Bertz CT molecular complexity index is 1080. The molecule has 0 aromatic carbocycles. The van der Waals surface area contributed by atoms with Crippen LogP contribution in [0.2, 0.25) is 0 Å². The predicted molar refractivity (Wildman–Crippen MR) is 81.4 cm³/mol. The first-order chi connectivity index (χ1) is 12.5. The van der Waals surface area contributed by atoms with Crippen LogP contribution in [0.3, 0.4) is 0 Å². The first-order valence-corrected chi connectivity index (χ1v) is 7.37. The van der Waals surface area contributed by atoms with E-state index in [1.54, 1.807) is 0 Å². The van der Waals surface area contributed by atoms with Gasteiger partial charge in [0.1, 0.15) is 23.6 Å². The molecule has 0 saturated heterocycles. The number of rotatable bonds is 4. The highest BCUT2D eigenvalue weighted by molar-refractivity contribution is 5.83. The fraction of sp³-hybridized carbons (Fsp3) is 0.200. The quantitative estimate of drug-likeness (QED) is 0.592. The van der Waals surface area contributed by atoms with Crippen molar-refractivity contribution >= 4 is 16.7 Å². The Morgan fingerprint density at radius 3 is 2.77 bits per heavy atom. The van der Waals surface area contributed by atoms with E-state index in [9.17, 15) is 13.2 Å². The van der Waals surface area contributed by atoms with E-state index in [-0.39, 0.29) is 36.0 Å². The zero-order valence-corrected chi connectivity index (χ0v) is 12.9. The van der Waals surface area contributed by atoms with Gasteiger partial charge >= 0.3 is 6.18 Å². The topological polar surface area (TPSA) is 98.6 Å². The minimum atomic E-state index is -4.61. The van der Waals surface area contributed by atoms with Crippen molar-refractivity contribution in [1.82, 2.24) is 24.6 Å². The lowest BCUT2D eigenvalue weighted by atomic mass is 10.1. The SMILES string of the molecule is OCCOc1cc(C(F)(F)F)c2ccc3nc(-c4nnco4)cn3c2n1. The summed E-state index contributed by atoms with van der Waals surface area (Å²) in [6, 6.07) is 3.54. The van der Waals surface area contributed by atoms with Gasteiger partial charge in [-0.3, -0.25) is 4.40 Å². The summed E-state index contributed by atoms with van der Waals surface area (Å²) in [5, 5.41) is 16.0. The average molecular weight is 365 g/mol. The molecule has 4 aromatic rings. The number of hydrogen-bond donors (Lipinski definition) is 1. The summed E-state index contributed by atoms with van der Waals surface area (Å²) < 4.78 is 51.9. The molecule has 0 unspecified atom stereocenters. The smallest absolute Gasteiger partial charge is 0.417 e. The number of ether oxygens (including phenoxy) is 1. The lowest BCUT2D eigenvalue weighted by molar-refractivity contribution is -0.136. The fourth-order valence-electron chi connectivity index (χ4n) is 2.55. The maximum absolute atomic E-state index is 13.5. The van der Waals surface area contributed by atoms with Crippen LogP contribution in [0.4, 0.5) is 13.2 Å². The summed E-state index contributed by atoms with van der Waals surface area (Å²) in [7, 11) is 0. The lowest BCUT2D eigenvalue weighted by Crippen LogP contribution is -2.10. The molecule has 0 bridgehead atoms. The molecule has 0 atom stereocenters. The van der Waals surface area contributed by atoms with E-state index in [0.717, 1.165) is 12.5 Å². The average Bonchev–Trinajstić information content (AvgIpc) is 3.27. The van der Waals surface area contributed by atoms with Crippen molar-refractivity contribution < 1.29 is 27.4 Å². The van der Waals surface area contributed by atoms with Crippen molar-refractivity contribution in [2.45, 2.75) is 6.18 Å². The van der Waals surface area contributed by atoms with Crippen LogP contribution in [0.25, 0.3) is 28.3 Å². The Balaban J connectivity index is 1.99. The Hall–Kier alpha value is -3.21. The summed E-state index contributed by atoms with van der Waals surface area (Å²) in [4.78, 5) is 8.39. The fourth-order valence-corrected chi connectivity index (χ4v) is 2.55. The van der Waals surface area contributed by atoms with Crippen LogP contribution in [0.15, 0.2) is 35.2 Å². The third kappa shape index (κ3) is 2.71. The number of pyridine rings is 2. The van der Waals surface area contributed by atoms with Gasteiger partial charge in [-0.1, -0.05) is 0 Å². The minimum Gasteiger partial charge on any atom is -0.475 e. The number of aliphatic hydroxyl groups excluding tert-OH is 1. The second-order valence-corrected chi connectivity index (χ2v) is 5.25. The Morgan fingerprint density at radius 1 is 1.23 bits per heavy atom. The largest absolute Gasteiger partial charge is 0.475 e. The molecule has 134 valence electrons. The zero-order valence-electron chi connectivity index (χ0n) is 12.9. The van der Waals surface area contributed by atoms with Crippen LogP contribution in [0.1, 0.15) is 5.56 Å². The first kappa shape index (κ1) is 16.3. The normalized spacial score (nSPS) is 12.2. The highest BCUT2D eigenvalue weighted by Gasteiger charge is 2.34. The molecule has 8 nitrogen and oxygen atoms in total. The molecule has 1 N–H and O–H groups in total. The number of imidazole rings is 1. The van der Waals surface area contributed by atoms with E-state index in [0.29, 0.717) is 11.3 Å². The molecule has 0 fully saturated rings. The van der Waals surface area contributed by atoms with Crippen molar-refractivity contribution in [3.05, 3.63) is 36.4 Å². The first-order valence-electron chi connectivity index (χ1n) is 7.37. The number of alkyl halides is 3. The summed E-state index contributed by atoms with van der Waals surface area (Å²) >= 11 is 0. The maximum Gasteiger partial charge on any atom is 0.417 e. The van der Waals surface area contributed by atoms with Gasteiger partial charge in [-0.25, -0.2) is 4.98 Å². The van der Waals surface area contributed by atoms with Crippen LogP contribution in [-0.4, -0.2) is 42.9 Å². The van der Waals surface area contributed by atoms with Crippen molar-refractivity contribution in [3.63, 3.8) is 0 Å². The summed E-state index contributed by atoms with van der Waals surface area (Å²) in [5.74, 6) is -0.120. The molecule has 0 aliphatic heterocycles.